The van der Waals surface area contributed by atoms with E-state index in [1.54, 1.807) is 11.3 Å². The Bertz CT molecular complexity index is 2590. The molecule has 0 bridgehead atoms. The third-order valence-electron chi connectivity index (χ3n) is 8.63. The molecule has 0 unspecified atom stereocenters. The molecule has 0 fully saturated rings. The molecule has 1 aliphatic heterocycles. The van der Waals surface area contributed by atoms with Gasteiger partial charge in [0.05, 0.1) is 27.3 Å². The second-order valence-corrected chi connectivity index (χ2v) is 13.1. The number of thiophene rings is 2. The molecule has 0 radical (unpaired) electrons. The van der Waals surface area contributed by atoms with E-state index in [0.717, 1.165) is 32.8 Å². The first-order chi connectivity index (χ1) is 21.3. The normalized spacial score (nSPS) is 12.6. The molecule has 5 heteroatoms. The van der Waals surface area contributed by atoms with Crippen molar-refractivity contribution in [2.24, 2.45) is 0 Å². The maximum atomic E-state index is 5.50. The van der Waals surface area contributed by atoms with Gasteiger partial charge in [-0.1, -0.05) is 103 Å². The number of aromatic nitrogens is 2. The van der Waals surface area contributed by atoms with E-state index < -0.39 is 0 Å². The van der Waals surface area contributed by atoms with Crippen molar-refractivity contribution in [2.45, 2.75) is 0 Å². The quantitative estimate of drug-likeness (QED) is 0.203. The highest BCUT2D eigenvalue weighted by Crippen LogP contribution is 2.51. The highest BCUT2D eigenvalue weighted by Gasteiger charge is 2.29. The minimum atomic E-state index is 0.693. The Labute approximate surface area is 254 Å². The van der Waals surface area contributed by atoms with Crippen LogP contribution in [-0.4, -0.2) is 9.97 Å². The van der Waals surface area contributed by atoms with Gasteiger partial charge in [-0.3, -0.25) is 4.90 Å². The van der Waals surface area contributed by atoms with E-state index in [1.165, 1.54) is 52.2 Å². The Morgan fingerprint density at radius 1 is 0.465 bits per heavy atom. The second-order valence-electron chi connectivity index (χ2n) is 11.0. The van der Waals surface area contributed by atoms with E-state index >= 15 is 0 Å². The number of para-hydroxylation sites is 1. The van der Waals surface area contributed by atoms with Gasteiger partial charge in [0.1, 0.15) is 0 Å². The van der Waals surface area contributed by atoms with Crippen molar-refractivity contribution >= 4 is 91.2 Å². The van der Waals surface area contributed by atoms with Crippen LogP contribution in [0.1, 0.15) is 0 Å². The molecule has 6 aromatic carbocycles. The Balaban J connectivity index is 1.34. The summed E-state index contributed by atoms with van der Waals surface area (Å²) in [5.41, 5.74) is 7.79. The summed E-state index contributed by atoms with van der Waals surface area (Å²) >= 11 is 3.63. The first-order valence-electron chi connectivity index (χ1n) is 14.3. The maximum absolute atomic E-state index is 5.50. The predicted molar refractivity (Wildman–Crippen MR) is 184 cm³/mol. The lowest BCUT2D eigenvalue weighted by molar-refractivity contribution is 1.12. The van der Waals surface area contributed by atoms with E-state index in [-0.39, 0.29) is 0 Å². The summed E-state index contributed by atoms with van der Waals surface area (Å²) in [4.78, 5) is 13.2. The van der Waals surface area contributed by atoms with E-state index in [4.69, 9.17) is 9.97 Å². The number of nitrogens with zero attached hydrogens (tertiary/aromatic N) is 3. The summed E-state index contributed by atoms with van der Waals surface area (Å²) in [5, 5.41) is 6.18. The highest BCUT2D eigenvalue weighted by molar-refractivity contribution is 7.27. The molecular weight excluding hydrogens is 563 g/mol. The summed E-state index contributed by atoms with van der Waals surface area (Å²) < 4.78 is 4.90. The van der Waals surface area contributed by atoms with Crippen LogP contribution in [0.15, 0.2) is 127 Å². The number of anilines is 3. The summed E-state index contributed by atoms with van der Waals surface area (Å²) in [5.74, 6) is 0.693. The van der Waals surface area contributed by atoms with Crippen LogP contribution in [0.2, 0.25) is 0 Å². The van der Waals surface area contributed by atoms with Crippen molar-refractivity contribution in [1.82, 2.24) is 9.97 Å². The van der Waals surface area contributed by atoms with Crippen LogP contribution in [-0.2, 0) is 0 Å². The van der Waals surface area contributed by atoms with Crippen molar-refractivity contribution in [3.63, 3.8) is 0 Å². The zero-order valence-corrected chi connectivity index (χ0v) is 24.4. The number of hydrogen-bond acceptors (Lipinski definition) is 5. The highest BCUT2D eigenvalue weighted by atomic mass is 32.1. The van der Waals surface area contributed by atoms with Gasteiger partial charge in [0.2, 0.25) is 5.95 Å². The molecule has 3 nitrogen and oxygen atoms in total. The van der Waals surface area contributed by atoms with Gasteiger partial charge in [-0.15, -0.1) is 22.7 Å². The zero-order valence-electron chi connectivity index (χ0n) is 22.8. The molecule has 1 aliphatic rings. The smallest absolute Gasteiger partial charge is 0.235 e. The lowest BCUT2D eigenvalue weighted by atomic mass is 9.91. The van der Waals surface area contributed by atoms with Gasteiger partial charge in [-0.2, -0.15) is 0 Å². The van der Waals surface area contributed by atoms with Crippen LogP contribution in [0.5, 0.6) is 0 Å². The summed E-state index contributed by atoms with van der Waals surface area (Å²) in [6.45, 7) is 0. The van der Waals surface area contributed by atoms with Gasteiger partial charge < -0.3 is 0 Å². The summed E-state index contributed by atoms with van der Waals surface area (Å²) in [6, 6.07) is 45.7. The third kappa shape index (κ3) is 3.23. The van der Waals surface area contributed by atoms with Gasteiger partial charge in [-0.25, -0.2) is 9.97 Å². The van der Waals surface area contributed by atoms with E-state index in [9.17, 15) is 0 Å². The molecule has 0 N–H and O–H groups in total. The van der Waals surface area contributed by atoms with Crippen molar-refractivity contribution < 1.29 is 0 Å². The minimum Gasteiger partial charge on any atom is -0.278 e. The average Bonchev–Trinajstić information content (AvgIpc) is 3.63. The summed E-state index contributed by atoms with van der Waals surface area (Å²) in [7, 11) is 0. The first kappa shape index (κ1) is 23.5. The van der Waals surface area contributed by atoms with Gasteiger partial charge in [0.25, 0.3) is 0 Å². The Morgan fingerprint density at radius 3 is 2.00 bits per heavy atom. The van der Waals surface area contributed by atoms with Crippen LogP contribution in [0.25, 0.3) is 73.6 Å². The standard InChI is InChI=1S/C38H21N3S2/c1-4-18-29-23(12-1)25-15-7-10-22-11-8-19-30(33(22)25)41(29)38-39-34-27-14-3-6-21-32(27)43-37(34)35(40-38)28-17-9-16-26-24-13-2-5-20-31(24)42-36(26)28/h1-21H. The predicted octanol–water partition coefficient (Wildman–Crippen LogP) is 11.5. The van der Waals surface area contributed by atoms with Crippen LogP contribution in [0, 0.1) is 0 Å². The first-order valence-corrected chi connectivity index (χ1v) is 16.0. The molecular formula is C38H21N3S2. The van der Waals surface area contributed by atoms with Crippen LogP contribution < -0.4 is 4.90 Å². The van der Waals surface area contributed by atoms with Crippen molar-refractivity contribution in [2.75, 3.05) is 4.90 Å². The largest absolute Gasteiger partial charge is 0.278 e. The van der Waals surface area contributed by atoms with E-state index in [2.05, 4.69) is 132 Å². The second kappa shape index (κ2) is 8.71. The fourth-order valence-electron chi connectivity index (χ4n) is 6.77. The molecule has 0 saturated carbocycles. The van der Waals surface area contributed by atoms with Gasteiger partial charge >= 0.3 is 0 Å². The fourth-order valence-corrected chi connectivity index (χ4v) is 9.13. The Morgan fingerprint density at radius 2 is 1.09 bits per heavy atom. The molecule has 0 saturated heterocycles. The SMILES string of the molecule is c1ccc2c(c1)-c1cccc3cccc(c13)N2c1nc(-c2cccc3c2sc2ccccc23)c2sc3ccccc3c2n1. The molecule has 0 atom stereocenters. The number of hydrogen-bond donors (Lipinski definition) is 0. The van der Waals surface area contributed by atoms with Crippen molar-refractivity contribution in [1.29, 1.82) is 0 Å². The fraction of sp³-hybridized carbons (Fsp3) is 0. The average molecular weight is 584 g/mol. The monoisotopic (exact) mass is 583 g/mol. The molecule has 9 aromatic rings. The maximum Gasteiger partial charge on any atom is 0.235 e. The molecule has 200 valence electrons. The lowest BCUT2D eigenvalue weighted by Gasteiger charge is -2.32. The zero-order chi connectivity index (χ0) is 28.1. The van der Waals surface area contributed by atoms with Crippen LogP contribution >= 0.6 is 22.7 Å². The summed E-state index contributed by atoms with van der Waals surface area (Å²) in [6.07, 6.45) is 0. The molecule has 4 heterocycles. The Kier molecular flexibility index (Phi) is 4.75. The van der Waals surface area contributed by atoms with Crippen LogP contribution in [0.4, 0.5) is 17.3 Å². The number of fused-ring (bicyclic) bond motifs is 8. The van der Waals surface area contributed by atoms with E-state index in [0.29, 0.717) is 5.95 Å². The van der Waals surface area contributed by atoms with Gasteiger partial charge in [0, 0.05) is 46.8 Å². The number of benzene rings is 6. The van der Waals surface area contributed by atoms with Gasteiger partial charge in [0.15, 0.2) is 0 Å². The molecule has 0 aliphatic carbocycles. The molecule has 0 spiro atoms. The molecule has 0 amide bonds. The molecule has 10 rings (SSSR count). The topological polar surface area (TPSA) is 29.0 Å². The van der Waals surface area contributed by atoms with Crippen LogP contribution in [0.3, 0.4) is 0 Å². The third-order valence-corrected chi connectivity index (χ3v) is 11.0. The minimum absolute atomic E-state index is 0.693. The molecule has 3 aromatic heterocycles. The van der Waals surface area contributed by atoms with Gasteiger partial charge in [-0.05, 0) is 35.2 Å². The van der Waals surface area contributed by atoms with E-state index in [1.807, 2.05) is 11.3 Å². The Hall–Kier alpha value is -5.10. The lowest BCUT2D eigenvalue weighted by Crippen LogP contribution is -2.17. The number of rotatable bonds is 2. The van der Waals surface area contributed by atoms with Crippen molar-refractivity contribution in [3.05, 3.63) is 127 Å². The molecule has 43 heavy (non-hydrogen) atoms. The van der Waals surface area contributed by atoms with Crippen molar-refractivity contribution in [3.8, 4) is 22.4 Å².